The SMILES string of the molecule is Cc1cc2c(cc1C(=O)O)/C(=C/C(=O)C1CCCCCC1)NC(C)(C)C2. The van der Waals surface area contributed by atoms with Crippen LogP contribution in [0.5, 0.6) is 0 Å². The van der Waals surface area contributed by atoms with Crippen molar-refractivity contribution < 1.29 is 14.7 Å². The molecule has 0 radical (unpaired) electrons. The first-order chi connectivity index (χ1) is 12.3. The molecule has 4 heteroatoms. The van der Waals surface area contributed by atoms with Gasteiger partial charge in [0.15, 0.2) is 5.78 Å². The Morgan fingerprint density at radius 3 is 2.42 bits per heavy atom. The summed E-state index contributed by atoms with van der Waals surface area (Å²) in [7, 11) is 0. The Morgan fingerprint density at radius 1 is 1.15 bits per heavy atom. The van der Waals surface area contributed by atoms with Crippen LogP contribution in [0.25, 0.3) is 5.70 Å². The lowest BCUT2D eigenvalue weighted by atomic mass is 9.83. The molecule has 1 fully saturated rings. The molecular weight excluding hydrogens is 326 g/mol. The molecule has 1 aliphatic carbocycles. The van der Waals surface area contributed by atoms with Crippen LogP contribution in [0.2, 0.25) is 0 Å². The van der Waals surface area contributed by atoms with E-state index in [9.17, 15) is 14.7 Å². The largest absolute Gasteiger partial charge is 0.478 e. The summed E-state index contributed by atoms with van der Waals surface area (Å²) in [4.78, 5) is 24.4. The fourth-order valence-corrected chi connectivity index (χ4v) is 4.29. The Labute approximate surface area is 155 Å². The van der Waals surface area contributed by atoms with E-state index in [0.717, 1.165) is 54.5 Å². The lowest BCUT2D eigenvalue weighted by Crippen LogP contribution is -2.44. The number of fused-ring (bicyclic) bond motifs is 1. The molecule has 0 atom stereocenters. The van der Waals surface area contributed by atoms with Crippen molar-refractivity contribution in [1.29, 1.82) is 0 Å². The van der Waals surface area contributed by atoms with Crippen molar-refractivity contribution in [2.45, 2.75) is 71.3 Å². The first-order valence-corrected chi connectivity index (χ1v) is 9.68. The zero-order valence-electron chi connectivity index (χ0n) is 16.0. The van der Waals surface area contributed by atoms with E-state index in [2.05, 4.69) is 19.2 Å². The predicted molar refractivity (Wildman–Crippen MR) is 103 cm³/mol. The summed E-state index contributed by atoms with van der Waals surface area (Å²) < 4.78 is 0. The summed E-state index contributed by atoms with van der Waals surface area (Å²) in [5.74, 6) is -0.648. The molecule has 3 rings (SSSR count). The second-order valence-corrected chi connectivity index (χ2v) is 8.46. The number of hydrogen-bond donors (Lipinski definition) is 2. The number of rotatable bonds is 3. The molecule has 0 spiro atoms. The fourth-order valence-electron chi connectivity index (χ4n) is 4.29. The standard InChI is InChI=1S/C22H29NO3/c1-14-10-16-13-22(2,3)23-19(18(16)11-17(14)21(25)26)12-20(24)15-8-6-4-5-7-9-15/h10-12,15,23H,4-9,13H2,1-3H3,(H,25,26)/b19-12-. The molecule has 1 aromatic carbocycles. The minimum atomic E-state index is -0.926. The molecular formula is C22H29NO3. The number of nitrogens with one attached hydrogen (secondary N) is 1. The normalized spacial score (nSPS) is 21.6. The summed E-state index contributed by atoms with van der Waals surface area (Å²) in [6.07, 6.45) is 9.15. The number of benzene rings is 1. The van der Waals surface area contributed by atoms with Gasteiger partial charge in [-0.25, -0.2) is 4.79 Å². The number of hydrogen-bond acceptors (Lipinski definition) is 3. The summed E-state index contributed by atoms with van der Waals surface area (Å²) in [6, 6.07) is 3.69. The molecule has 1 aliphatic heterocycles. The van der Waals surface area contributed by atoms with Gasteiger partial charge in [0.05, 0.1) is 5.56 Å². The molecule has 1 aromatic rings. The quantitative estimate of drug-likeness (QED) is 0.619. The third kappa shape index (κ3) is 4.00. The molecule has 2 aliphatic rings. The number of aryl methyl sites for hydroxylation is 1. The maximum Gasteiger partial charge on any atom is 0.335 e. The molecule has 0 saturated heterocycles. The van der Waals surface area contributed by atoms with Crippen molar-refractivity contribution in [3.8, 4) is 0 Å². The number of allylic oxidation sites excluding steroid dienone is 1. The van der Waals surface area contributed by atoms with Gasteiger partial charge in [-0.15, -0.1) is 0 Å². The Morgan fingerprint density at radius 2 is 1.81 bits per heavy atom. The van der Waals surface area contributed by atoms with Crippen molar-refractivity contribution in [2.24, 2.45) is 5.92 Å². The Balaban J connectivity index is 2.00. The van der Waals surface area contributed by atoms with Crippen LogP contribution < -0.4 is 5.32 Å². The number of carboxylic acid groups (broad SMARTS) is 1. The molecule has 0 unspecified atom stereocenters. The average molecular weight is 355 g/mol. The molecule has 0 aromatic heterocycles. The zero-order valence-corrected chi connectivity index (χ0v) is 16.0. The van der Waals surface area contributed by atoms with Crippen molar-refractivity contribution in [1.82, 2.24) is 5.32 Å². The minimum Gasteiger partial charge on any atom is -0.478 e. The van der Waals surface area contributed by atoms with Crippen LogP contribution in [0.3, 0.4) is 0 Å². The second kappa shape index (κ2) is 7.26. The predicted octanol–water partition coefficient (Wildman–Crippen LogP) is 4.50. The van der Waals surface area contributed by atoms with Crippen molar-refractivity contribution in [2.75, 3.05) is 0 Å². The first-order valence-electron chi connectivity index (χ1n) is 9.68. The van der Waals surface area contributed by atoms with Gasteiger partial charge >= 0.3 is 5.97 Å². The van der Waals surface area contributed by atoms with E-state index in [4.69, 9.17) is 0 Å². The highest BCUT2D eigenvalue weighted by Gasteiger charge is 2.30. The fraction of sp³-hybridized carbons (Fsp3) is 0.545. The highest BCUT2D eigenvalue weighted by Crippen LogP contribution is 2.33. The third-order valence-corrected chi connectivity index (χ3v) is 5.62. The summed E-state index contributed by atoms with van der Waals surface area (Å²) in [5.41, 5.74) is 3.64. The molecule has 26 heavy (non-hydrogen) atoms. The highest BCUT2D eigenvalue weighted by molar-refractivity contribution is 5.99. The van der Waals surface area contributed by atoms with Gasteiger partial charge in [0.25, 0.3) is 0 Å². The van der Waals surface area contributed by atoms with Gasteiger partial charge in [0.2, 0.25) is 0 Å². The average Bonchev–Trinajstić information content (AvgIpc) is 2.82. The molecule has 140 valence electrons. The lowest BCUT2D eigenvalue weighted by Gasteiger charge is -2.36. The van der Waals surface area contributed by atoms with E-state index in [-0.39, 0.29) is 17.2 Å². The van der Waals surface area contributed by atoms with E-state index in [0.29, 0.717) is 5.56 Å². The highest BCUT2D eigenvalue weighted by atomic mass is 16.4. The first kappa shape index (κ1) is 18.7. The Hall–Kier alpha value is -2.10. The third-order valence-electron chi connectivity index (χ3n) is 5.62. The molecule has 2 N–H and O–H groups in total. The van der Waals surface area contributed by atoms with Crippen LogP contribution in [-0.2, 0) is 11.2 Å². The summed E-state index contributed by atoms with van der Waals surface area (Å²) in [6.45, 7) is 6.06. The lowest BCUT2D eigenvalue weighted by molar-refractivity contribution is -0.118. The van der Waals surface area contributed by atoms with Gasteiger partial charge in [0, 0.05) is 28.8 Å². The number of aromatic carboxylic acids is 1. The topological polar surface area (TPSA) is 66.4 Å². The smallest absolute Gasteiger partial charge is 0.335 e. The molecule has 4 nitrogen and oxygen atoms in total. The molecule has 0 amide bonds. The second-order valence-electron chi connectivity index (χ2n) is 8.46. The Bertz CT molecular complexity index is 753. The van der Waals surface area contributed by atoms with Gasteiger partial charge in [-0.2, -0.15) is 0 Å². The van der Waals surface area contributed by atoms with E-state index in [1.165, 1.54) is 12.8 Å². The number of carbonyl (C=O) groups excluding carboxylic acids is 1. The van der Waals surface area contributed by atoms with Gasteiger partial charge < -0.3 is 10.4 Å². The molecule has 1 saturated carbocycles. The van der Waals surface area contributed by atoms with Crippen LogP contribution in [0.4, 0.5) is 0 Å². The minimum absolute atomic E-state index is 0.102. The van der Waals surface area contributed by atoms with E-state index in [1.54, 1.807) is 12.1 Å². The van der Waals surface area contributed by atoms with Crippen molar-refractivity contribution >= 4 is 17.4 Å². The van der Waals surface area contributed by atoms with E-state index in [1.807, 2.05) is 13.0 Å². The van der Waals surface area contributed by atoms with Crippen molar-refractivity contribution in [3.63, 3.8) is 0 Å². The van der Waals surface area contributed by atoms with Crippen LogP contribution in [0.15, 0.2) is 18.2 Å². The van der Waals surface area contributed by atoms with Gasteiger partial charge in [-0.05, 0) is 57.2 Å². The maximum atomic E-state index is 12.9. The summed E-state index contributed by atoms with van der Waals surface area (Å²) >= 11 is 0. The van der Waals surface area contributed by atoms with Gasteiger partial charge in [0.1, 0.15) is 0 Å². The monoisotopic (exact) mass is 355 g/mol. The van der Waals surface area contributed by atoms with E-state index >= 15 is 0 Å². The van der Waals surface area contributed by atoms with Crippen LogP contribution in [0.1, 0.15) is 79.4 Å². The van der Waals surface area contributed by atoms with Crippen LogP contribution in [0, 0.1) is 12.8 Å². The van der Waals surface area contributed by atoms with Crippen LogP contribution in [-0.4, -0.2) is 22.4 Å². The molecule has 1 heterocycles. The van der Waals surface area contributed by atoms with Gasteiger partial charge in [-0.1, -0.05) is 31.7 Å². The number of carboxylic acids is 1. The zero-order chi connectivity index (χ0) is 18.9. The molecule has 0 bridgehead atoms. The number of carbonyl (C=O) groups is 2. The van der Waals surface area contributed by atoms with Crippen molar-refractivity contribution in [3.05, 3.63) is 40.5 Å². The maximum absolute atomic E-state index is 12.9. The summed E-state index contributed by atoms with van der Waals surface area (Å²) in [5, 5.41) is 12.9. The van der Waals surface area contributed by atoms with Gasteiger partial charge in [-0.3, -0.25) is 4.79 Å². The van der Waals surface area contributed by atoms with Crippen LogP contribution >= 0.6 is 0 Å². The Kier molecular flexibility index (Phi) is 5.22. The number of ketones is 1. The van der Waals surface area contributed by atoms with E-state index < -0.39 is 5.97 Å².